The highest BCUT2D eigenvalue weighted by Gasteiger charge is 2.30. The minimum absolute atomic E-state index is 0.000992. The molecule has 0 aliphatic heterocycles. The van der Waals surface area contributed by atoms with E-state index >= 15 is 0 Å². The van der Waals surface area contributed by atoms with Crippen molar-refractivity contribution in [3.8, 4) is 11.8 Å². The van der Waals surface area contributed by atoms with E-state index in [0.29, 0.717) is 16.8 Å². The molecule has 0 aromatic carbocycles. The predicted molar refractivity (Wildman–Crippen MR) is 104 cm³/mol. The first-order valence-corrected chi connectivity index (χ1v) is 9.02. The molecule has 0 saturated heterocycles. The molecule has 0 unspecified atom stereocenters. The van der Waals surface area contributed by atoms with Crippen molar-refractivity contribution in [1.29, 1.82) is 5.26 Å². The van der Waals surface area contributed by atoms with Gasteiger partial charge in [-0.3, -0.25) is 4.79 Å². The molecule has 0 atom stereocenters. The van der Waals surface area contributed by atoms with Crippen molar-refractivity contribution in [2.75, 3.05) is 24.9 Å². The number of hydrogen-bond donors (Lipinski definition) is 2. The predicted octanol–water partition coefficient (Wildman–Crippen LogP) is 1.88. The van der Waals surface area contributed by atoms with E-state index in [-0.39, 0.29) is 34.8 Å². The van der Waals surface area contributed by atoms with Gasteiger partial charge in [0.05, 0.1) is 26.1 Å². The molecule has 3 aromatic rings. The first-order valence-electron chi connectivity index (χ1n) is 9.02. The van der Waals surface area contributed by atoms with Crippen molar-refractivity contribution in [3.05, 3.63) is 35.9 Å². The maximum absolute atomic E-state index is 12.2. The SMILES string of the molecule is COC(=O)c1cnc(NC(=O)C2CC2)cc1Nc1ncn2ncc(C#N)c2c1OC. The largest absolute Gasteiger partial charge is 0.491 e. The number of pyridine rings is 1. The summed E-state index contributed by atoms with van der Waals surface area (Å²) in [6, 6.07) is 3.56. The van der Waals surface area contributed by atoms with E-state index in [2.05, 4.69) is 31.8 Å². The van der Waals surface area contributed by atoms with Crippen LogP contribution in [0.2, 0.25) is 0 Å². The molecule has 2 N–H and O–H groups in total. The number of hydrogen-bond acceptors (Lipinski definition) is 9. The van der Waals surface area contributed by atoms with Crippen molar-refractivity contribution >= 4 is 34.7 Å². The van der Waals surface area contributed by atoms with Gasteiger partial charge >= 0.3 is 5.97 Å². The Morgan fingerprint density at radius 1 is 1.27 bits per heavy atom. The van der Waals surface area contributed by atoms with E-state index < -0.39 is 5.97 Å². The second-order valence-corrected chi connectivity index (χ2v) is 6.58. The molecule has 1 aliphatic rings. The first kappa shape index (κ1) is 19.1. The number of anilines is 3. The fraction of sp³-hybridized carbons (Fsp3) is 0.263. The number of methoxy groups -OCH3 is 2. The zero-order valence-corrected chi connectivity index (χ0v) is 16.2. The van der Waals surface area contributed by atoms with E-state index in [1.807, 2.05) is 0 Å². The first-order chi connectivity index (χ1) is 14.5. The second kappa shape index (κ2) is 7.67. The van der Waals surface area contributed by atoms with Crippen LogP contribution in [-0.4, -0.2) is 45.7 Å². The lowest BCUT2D eigenvalue weighted by Gasteiger charge is -2.15. The fourth-order valence-corrected chi connectivity index (χ4v) is 2.92. The summed E-state index contributed by atoms with van der Waals surface area (Å²) in [5.41, 5.74) is 1.17. The lowest BCUT2D eigenvalue weighted by atomic mass is 10.2. The molecule has 152 valence electrons. The molecule has 0 bridgehead atoms. The zero-order chi connectivity index (χ0) is 21.3. The van der Waals surface area contributed by atoms with Crippen LogP contribution >= 0.6 is 0 Å². The third-order valence-corrected chi connectivity index (χ3v) is 4.61. The van der Waals surface area contributed by atoms with Crippen molar-refractivity contribution in [2.45, 2.75) is 12.8 Å². The maximum Gasteiger partial charge on any atom is 0.341 e. The Labute approximate surface area is 170 Å². The van der Waals surface area contributed by atoms with Gasteiger partial charge < -0.3 is 20.1 Å². The standard InChI is InChI=1S/C19H17N7O4/c1-29-16-15-11(6-20)7-23-26(15)9-22-17(16)24-13-5-14(25-18(27)10-3-4-10)21-8-12(13)19(28)30-2/h5,7-10H,3-4H2,1-2H3,(H2,21,24,25,27). The van der Waals surface area contributed by atoms with Gasteiger partial charge in [0, 0.05) is 18.2 Å². The number of nitrogens with zero attached hydrogens (tertiary/aromatic N) is 5. The Bertz CT molecular complexity index is 1190. The number of amides is 1. The zero-order valence-electron chi connectivity index (χ0n) is 16.2. The number of ether oxygens (including phenoxy) is 2. The average Bonchev–Trinajstić information content (AvgIpc) is 3.53. The van der Waals surface area contributed by atoms with Gasteiger partial charge in [-0.15, -0.1) is 0 Å². The van der Waals surface area contributed by atoms with Gasteiger partial charge in [0.2, 0.25) is 5.91 Å². The molecular weight excluding hydrogens is 390 g/mol. The van der Waals surface area contributed by atoms with Crippen molar-refractivity contribution in [3.63, 3.8) is 0 Å². The van der Waals surface area contributed by atoms with Crippen LogP contribution < -0.4 is 15.4 Å². The van der Waals surface area contributed by atoms with Crippen molar-refractivity contribution < 1.29 is 19.1 Å². The van der Waals surface area contributed by atoms with Gasteiger partial charge in [-0.05, 0) is 12.8 Å². The fourth-order valence-electron chi connectivity index (χ4n) is 2.92. The molecule has 3 aromatic heterocycles. The number of fused-ring (bicyclic) bond motifs is 1. The Morgan fingerprint density at radius 3 is 2.73 bits per heavy atom. The summed E-state index contributed by atoms with van der Waals surface area (Å²) in [4.78, 5) is 32.7. The third kappa shape index (κ3) is 3.46. The number of carbonyl (C=O) groups excluding carboxylic acids is 2. The summed E-state index contributed by atoms with van der Waals surface area (Å²) in [6.45, 7) is 0. The number of rotatable bonds is 6. The van der Waals surface area contributed by atoms with Crippen molar-refractivity contribution in [1.82, 2.24) is 19.6 Å². The van der Waals surface area contributed by atoms with Gasteiger partial charge in [0.25, 0.3) is 0 Å². The molecule has 0 radical (unpaired) electrons. The molecule has 4 rings (SSSR count). The highest BCUT2D eigenvalue weighted by molar-refractivity contribution is 5.99. The number of nitriles is 1. The molecule has 30 heavy (non-hydrogen) atoms. The second-order valence-electron chi connectivity index (χ2n) is 6.58. The van der Waals surface area contributed by atoms with Crippen LogP contribution in [-0.2, 0) is 9.53 Å². The molecule has 1 fully saturated rings. The van der Waals surface area contributed by atoms with Crippen LogP contribution in [0.1, 0.15) is 28.8 Å². The summed E-state index contributed by atoms with van der Waals surface area (Å²) >= 11 is 0. The minimum atomic E-state index is -0.618. The van der Waals surface area contributed by atoms with Gasteiger partial charge in [-0.25, -0.2) is 19.3 Å². The molecule has 1 amide bonds. The summed E-state index contributed by atoms with van der Waals surface area (Å²) in [5.74, 6) is 0.0603. The van der Waals surface area contributed by atoms with E-state index in [9.17, 15) is 14.9 Å². The third-order valence-electron chi connectivity index (χ3n) is 4.61. The Balaban J connectivity index is 1.76. The van der Waals surface area contributed by atoms with Crippen LogP contribution in [0, 0.1) is 17.2 Å². The number of esters is 1. The van der Waals surface area contributed by atoms with Gasteiger partial charge in [-0.2, -0.15) is 10.4 Å². The van der Waals surface area contributed by atoms with E-state index in [4.69, 9.17) is 9.47 Å². The van der Waals surface area contributed by atoms with Crippen molar-refractivity contribution in [2.24, 2.45) is 5.92 Å². The highest BCUT2D eigenvalue weighted by atomic mass is 16.5. The summed E-state index contributed by atoms with van der Waals surface area (Å²) in [5, 5.41) is 19.2. The summed E-state index contributed by atoms with van der Waals surface area (Å²) in [6.07, 6.45) is 5.83. The van der Waals surface area contributed by atoms with Gasteiger partial charge in [0.1, 0.15) is 34.9 Å². The molecule has 3 heterocycles. The number of aromatic nitrogens is 4. The average molecular weight is 407 g/mol. The normalized spacial score (nSPS) is 12.8. The Hall–Kier alpha value is -4.20. The quantitative estimate of drug-likeness (QED) is 0.585. The van der Waals surface area contributed by atoms with E-state index in [1.54, 1.807) is 0 Å². The van der Waals surface area contributed by atoms with Crippen LogP contribution in [0.25, 0.3) is 5.52 Å². The topological polar surface area (TPSA) is 144 Å². The monoisotopic (exact) mass is 407 g/mol. The van der Waals surface area contributed by atoms with Crippen LogP contribution in [0.3, 0.4) is 0 Å². The Kier molecular flexibility index (Phi) is 4.89. The van der Waals surface area contributed by atoms with Crippen LogP contribution in [0.5, 0.6) is 5.75 Å². The molecular formula is C19H17N7O4. The lowest BCUT2D eigenvalue weighted by molar-refractivity contribution is -0.117. The number of nitrogens with one attached hydrogen (secondary N) is 2. The summed E-state index contributed by atoms with van der Waals surface area (Å²) < 4.78 is 11.7. The maximum atomic E-state index is 12.2. The molecule has 0 spiro atoms. The lowest BCUT2D eigenvalue weighted by Crippen LogP contribution is -2.15. The van der Waals surface area contributed by atoms with E-state index in [1.165, 1.54) is 43.5 Å². The minimum Gasteiger partial charge on any atom is -0.491 e. The number of carbonyl (C=O) groups is 2. The molecule has 11 nitrogen and oxygen atoms in total. The molecule has 1 saturated carbocycles. The molecule has 1 aliphatic carbocycles. The van der Waals surface area contributed by atoms with E-state index in [0.717, 1.165) is 12.8 Å². The van der Waals surface area contributed by atoms with Gasteiger partial charge in [0.15, 0.2) is 11.6 Å². The highest BCUT2D eigenvalue weighted by Crippen LogP contribution is 2.34. The summed E-state index contributed by atoms with van der Waals surface area (Å²) in [7, 11) is 2.69. The van der Waals surface area contributed by atoms with Crippen LogP contribution in [0.4, 0.5) is 17.3 Å². The van der Waals surface area contributed by atoms with Crippen LogP contribution in [0.15, 0.2) is 24.8 Å². The molecule has 11 heteroatoms. The van der Waals surface area contributed by atoms with Gasteiger partial charge in [-0.1, -0.05) is 0 Å². The smallest absolute Gasteiger partial charge is 0.341 e. The Morgan fingerprint density at radius 2 is 2.07 bits per heavy atom.